The number of amides is 4. The zero-order chi connectivity index (χ0) is 36.5. The molecule has 8 rings (SSSR count). The number of rotatable bonds is 9. The summed E-state index contributed by atoms with van der Waals surface area (Å²) in [5, 5.41) is 24.7. The lowest BCUT2D eigenvalue weighted by atomic mass is 9.92. The van der Waals surface area contributed by atoms with Gasteiger partial charge in [-0.15, -0.1) is 10.2 Å². The van der Waals surface area contributed by atoms with Gasteiger partial charge in [-0.3, -0.25) is 24.7 Å². The van der Waals surface area contributed by atoms with Crippen molar-refractivity contribution < 1.29 is 19.1 Å². The van der Waals surface area contributed by atoms with Crippen molar-refractivity contribution in [1.82, 2.24) is 30.3 Å². The molecule has 4 amide bonds. The Bertz CT molecular complexity index is 2040. The van der Waals surface area contributed by atoms with Gasteiger partial charge in [-0.1, -0.05) is 17.7 Å². The van der Waals surface area contributed by atoms with E-state index in [-0.39, 0.29) is 30.0 Å². The molecular weight excluding hydrogens is 694 g/mol. The SMILES string of the molecule is N#Cc1ccc(OC2CCC(NC(=O)c3ccc(N4CCC(CN5CC(n6ccc7c(N8CCC(=O)NC8=O)cccc76)C5)CC4)nn3)CC2)cc1Cl. The largest absolute Gasteiger partial charge is 0.490 e. The first-order chi connectivity index (χ1) is 25.8. The predicted molar refractivity (Wildman–Crippen MR) is 200 cm³/mol. The zero-order valence-corrected chi connectivity index (χ0v) is 30.2. The number of hydrogen-bond acceptors (Lipinski definition) is 9. The number of nitrogens with one attached hydrogen (secondary N) is 2. The molecule has 3 saturated heterocycles. The van der Waals surface area contributed by atoms with Crippen LogP contribution in [-0.2, 0) is 4.79 Å². The average molecular weight is 736 g/mol. The second-order valence-electron chi connectivity index (χ2n) is 14.6. The quantitative estimate of drug-likeness (QED) is 0.234. The molecule has 0 spiro atoms. The van der Waals surface area contributed by atoms with E-state index in [2.05, 4.69) is 59.6 Å². The molecule has 1 aliphatic carbocycles. The molecule has 13 nitrogen and oxygen atoms in total. The van der Waals surface area contributed by atoms with Crippen molar-refractivity contribution in [1.29, 1.82) is 5.26 Å². The van der Waals surface area contributed by atoms with Crippen LogP contribution < -0.4 is 25.2 Å². The molecule has 14 heteroatoms. The van der Waals surface area contributed by atoms with E-state index in [1.54, 1.807) is 29.2 Å². The van der Waals surface area contributed by atoms with E-state index in [0.717, 1.165) is 93.7 Å². The number of imide groups is 1. The average Bonchev–Trinajstić information content (AvgIpc) is 3.58. The summed E-state index contributed by atoms with van der Waals surface area (Å²) in [5.41, 5.74) is 2.69. The van der Waals surface area contributed by atoms with Gasteiger partial charge in [0.05, 0.1) is 33.9 Å². The lowest BCUT2D eigenvalue weighted by molar-refractivity contribution is -0.120. The second kappa shape index (κ2) is 15.0. The smallest absolute Gasteiger partial charge is 0.328 e. The summed E-state index contributed by atoms with van der Waals surface area (Å²) < 4.78 is 8.40. The Morgan fingerprint density at radius 3 is 2.51 bits per heavy atom. The highest BCUT2D eigenvalue weighted by molar-refractivity contribution is 6.31. The molecule has 3 aliphatic heterocycles. The summed E-state index contributed by atoms with van der Waals surface area (Å²) in [5.74, 6) is 1.63. The van der Waals surface area contributed by atoms with Gasteiger partial charge in [0.25, 0.3) is 5.91 Å². The fourth-order valence-electron chi connectivity index (χ4n) is 8.15. The van der Waals surface area contributed by atoms with Crippen molar-refractivity contribution in [2.24, 2.45) is 5.92 Å². The Balaban J connectivity index is 0.763. The maximum absolute atomic E-state index is 13.0. The van der Waals surface area contributed by atoms with Crippen LogP contribution in [0.25, 0.3) is 10.9 Å². The maximum atomic E-state index is 13.0. The van der Waals surface area contributed by atoms with Crippen LogP contribution in [-0.4, -0.2) is 88.9 Å². The van der Waals surface area contributed by atoms with Crippen molar-refractivity contribution in [3.8, 4) is 11.8 Å². The first kappa shape index (κ1) is 34.9. The monoisotopic (exact) mass is 735 g/mol. The second-order valence-corrected chi connectivity index (χ2v) is 15.0. The number of nitrogens with zero attached hydrogens (tertiary/aromatic N) is 7. The Hall–Kier alpha value is -5.19. The topological polar surface area (TPSA) is 149 Å². The fourth-order valence-corrected chi connectivity index (χ4v) is 8.36. The molecule has 5 heterocycles. The van der Waals surface area contributed by atoms with Crippen LogP contribution in [0.3, 0.4) is 0 Å². The Labute approximate surface area is 312 Å². The summed E-state index contributed by atoms with van der Waals surface area (Å²) in [6.07, 6.45) is 7.82. The minimum absolute atomic E-state index is 0.0335. The molecule has 0 atom stereocenters. The van der Waals surface area contributed by atoms with Crippen molar-refractivity contribution in [3.05, 3.63) is 77.1 Å². The number of hydrogen-bond donors (Lipinski definition) is 2. The Morgan fingerprint density at radius 2 is 1.79 bits per heavy atom. The van der Waals surface area contributed by atoms with Crippen molar-refractivity contribution >= 4 is 51.9 Å². The van der Waals surface area contributed by atoms with Crippen molar-refractivity contribution in [2.75, 3.05) is 49.1 Å². The van der Waals surface area contributed by atoms with Gasteiger partial charge in [0.1, 0.15) is 11.8 Å². The molecule has 2 aromatic heterocycles. The van der Waals surface area contributed by atoms with Gasteiger partial charge < -0.3 is 19.5 Å². The molecule has 1 saturated carbocycles. The van der Waals surface area contributed by atoms with Crippen LogP contribution >= 0.6 is 11.6 Å². The van der Waals surface area contributed by atoms with Gasteiger partial charge in [0.15, 0.2) is 11.5 Å². The van der Waals surface area contributed by atoms with Crippen molar-refractivity contribution in [3.63, 3.8) is 0 Å². The molecule has 2 aromatic carbocycles. The number of urea groups is 1. The Morgan fingerprint density at radius 1 is 0.981 bits per heavy atom. The molecule has 274 valence electrons. The fraction of sp³-hybridized carbons (Fsp3) is 0.436. The van der Waals surface area contributed by atoms with Crippen LogP contribution in [0.5, 0.6) is 5.75 Å². The van der Waals surface area contributed by atoms with Crippen LogP contribution in [0.2, 0.25) is 5.02 Å². The number of benzene rings is 2. The molecular formula is C39H42ClN9O4. The number of piperidine rings is 1. The first-order valence-electron chi connectivity index (χ1n) is 18.5. The number of carbonyl (C=O) groups excluding carboxylic acids is 3. The third kappa shape index (κ3) is 7.52. The lowest BCUT2D eigenvalue weighted by Gasteiger charge is -2.43. The molecule has 4 aromatic rings. The van der Waals surface area contributed by atoms with E-state index in [0.29, 0.717) is 47.0 Å². The number of ether oxygens (including phenoxy) is 1. The third-order valence-electron chi connectivity index (χ3n) is 11.1. The zero-order valence-electron chi connectivity index (χ0n) is 29.4. The van der Waals surface area contributed by atoms with Gasteiger partial charge >= 0.3 is 6.03 Å². The molecule has 4 fully saturated rings. The Kier molecular flexibility index (Phi) is 9.90. The lowest BCUT2D eigenvalue weighted by Crippen LogP contribution is -2.50. The third-order valence-corrected chi connectivity index (χ3v) is 11.4. The van der Waals surface area contributed by atoms with E-state index in [1.165, 1.54) is 0 Å². The van der Waals surface area contributed by atoms with Crippen LogP contribution in [0.1, 0.15) is 67.0 Å². The van der Waals surface area contributed by atoms with Gasteiger partial charge in [0, 0.05) is 69.4 Å². The number of nitriles is 1. The molecule has 2 N–H and O–H groups in total. The molecule has 4 aliphatic rings. The maximum Gasteiger partial charge on any atom is 0.328 e. The van der Waals surface area contributed by atoms with E-state index in [9.17, 15) is 14.4 Å². The van der Waals surface area contributed by atoms with E-state index >= 15 is 0 Å². The number of aromatic nitrogens is 3. The molecule has 0 bridgehead atoms. The number of likely N-dealkylation sites (tertiary alicyclic amines) is 1. The highest BCUT2D eigenvalue weighted by Gasteiger charge is 2.33. The number of anilines is 2. The van der Waals surface area contributed by atoms with Crippen LogP contribution in [0, 0.1) is 17.2 Å². The van der Waals surface area contributed by atoms with E-state index in [4.69, 9.17) is 21.6 Å². The minimum atomic E-state index is -0.361. The van der Waals surface area contributed by atoms with Gasteiger partial charge in [-0.25, -0.2) is 4.79 Å². The standard InChI is InChI=1S/C39H42ClN9O4/c40-32-20-30(7-4-26(32)21-41)53-29-8-5-27(6-9-29)42-38(51)33-10-11-36(45-44-33)47-16-12-25(13-17-47)22-46-23-28(24-46)48-18-14-31-34(48)2-1-3-35(31)49-19-15-37(50)43-39(49)52/h1-4,7,10-11,14,18,20,25,27-29H,5-6,8-9,12-13,15-17,19,22-24H2,(H,42,51)(H,43,50,52). The summed E-state index contributed by atoms with van der Waals surface area (Å²) >= 11 is 6.14. The molecule has 53 heavy (non-hydrogen) atoms. The number of carbonyl (C=O) groups is 3. The molecule has 0 unspecified atom stereocenters. The van der Waals surface area contributed by atoms with E-state index in [1.807, 2.05) is 18.2 Å². The predicted octanol–water partition coefficient (Wildman–Crippen LogP) is 5.30. The highest BCUT2D eigenvalue weighted by atomic mass is 35.5. The summed E-state index contributed by atoms with van der Waals surface area (Å²) in [6.45, 7) is 5.25. The van der Waals surface area contributed by atoms with Crippen molar-refractivity contribution in [2.45, 2.75) is 63.1 Å². The molecule has 0 radical (unpaired) electrons. The van der Waals surface area contributed by atoms with Gasteiger partial charge in [-0.05, 0) is 86.9 Å². The van der Waals surface area contributed by atoms with Crippen LogP contribution in [0.15, 0.2) is 60.8 Å². The summed E-state index contributed by atoms with van der Waals surface area (Å²) in [7, 11) is 0. The highest BCUT2D eigenvalue weighted by Crippen LogP contribution is 2.34. The van der Waals surface area contributed by atoms with Crippen LogP contribution in [0.4, 0.5) is 16.3 Å². The summed E-state index contributed by atoms with van der Waals surface area (Å²) in [4.78, 5) is 43.6. The summed E-state index contributed by atoms with van der Waals surface area (Å²) in [6, 6.07) is 19.0. The number of fused-ring (bicyclic) bond motifs is 1. The minimum Gasteiger partial charge on any atom is -0.490 e. The van der Waals surface area contributed by atoms with Gasteiger partial charge in [0.2, 0.25) is 5.91 Å². The first-order valence-corrected chi connectivity index (χ1v) is 18.9. The normalized spacial score (nSPS) is 21.6. The number of halogens is 1. The van der Waals surface area contributed by atoms with Gasteiger partial charge in [-0.2, -0.15) is 5.26 Å². The van der Waals surface area contributed by atoms with E-state index < -0.39 is 0 Å².